The minimum Gasteiger partial charge on any atom is -0.444 e. The number of benzene rings is 1. The summed E-state index contributed by atoms with van der Waals surface area (Å²) < 4.78 is 32.4. The Hall–Kier alpha value is -1.65. The van der Waals surface area contributed by atoms with Crippen LogP contribution in [-0.2, 0) is 11.2 Å². The first-order chi connectivity index (χ1) is 9.19. The Kier molecular flexibility index (Phi) is 3.71. The van der Waals surface area contributed by atoms with Gasteiger partial charge in [-0.25, -0.2) is 13.6 Å². The number of amides is 1. The van der Waals surface area contributed by atoms with Crippen molar-refractivity contribution in [3.05, 3.63) is 34.9 Å². The molecule has 0 bridgehead atoms. The Morgan fingerprint density at radius 1 is 1.35 bits per heavy atom. The van der Waals surface area contributed by atoms with Crippen LogP contribution in [-0.4, -0.2) is 23.1 Å². The number of nitrogens with zero attached hydrogens (tertiary/aromatic N) is 1. The smallest absolute Gasteiger partial charge is 0.410 e. The molecule has 1 unspecified atom stereocenters. The second-order valence-corrected chi connectivity index (χ2v) is 6.06. The van der Waals surface area contributed by atoms with Crippen molar-refractivity contribution in [3.63, 3.8) is 0 Å². The van der Waals surface area contributed by atoms with E-state index < -0.39 is 29.4 Å². The molecule has 0 aromatic heterocycles. The molecule has 1 aromatic rings. The molecule has 3 nitrogen and oxygen atoms in total. The Balaban J connectivity index is 2.28. The van der Waals surface area contributed by atoms with E-state index in [1.165, 1.54) is 11.0 Å². The maximum atomic E-state index is 13.7. The van der Waals surface area contributed by atoms with Crippen molar-refractivity contribution in [2.75, 3.05) is 6.54 Å². The van der Waals surface area contributed by atoms with Gasteiger partial charge in [0.25, 0.3) is 0 Å². The number of fused-ring (bicyclic) bond motifs is 1. The summed E-state index contributed by atoms with van der Waals surface area (Å²) in [4.78, 5) is 13.6. The molecule has 0 N–H and O–H groups in total. The normalized spacial score (nSPS) is 18.7. The van der Waals surface area contributed by atoms with Crippen molar-refractivity contribution < 1.29 is 18.3 Å². The number of halogens is 2. The average molecular weight is 283 g/mol. The van der Waals surface area contributed by atoms with Gasteiger partial charge >= 0.3 is 6.09 Å². The Morgan fingerprint density at radius 3 is 2.60 bits per heavy atom. The van der Waals surface area contributed by atoms with E-state index in [0.29, 0.717) is 24.1 Å². The van der Waals surface area contributed by atoms with Crippen LogP contribution in [0.3, 0.4) is 0 Å². The van der Waals surface area contributed by atoms with Gasteiger partial charge in [0.2, 0.25) is 0 Å². The fraction of sp³-hybridized carbons (Fsp3) is 0.533. The van der Waals surface area contributed by atoms with Crippen LogP contribution in [0.1, 0.15) is 44.9 Å². The third kappa shape index (κ3) is 2.92. The Labute approximate surface area is 117 Å². The maximum Gasteiger partial charge on any atom is 0.410 e. The van der Waals surface area contributed by atoms with E-state index in [2.05, 4.69) is 0 Å². The lowest BCUT2D eigenvalue weighted by molar-refractivity contribution is 0.0157. The van der Waals surface area contributed by atoms with E-state index in [1.807, 2.05) is 0 Å². The highest BCUT2D eigenvalue weighted by atomic mass is 19.1. The van der Waals surface area contributed by atoms with Crippen LogP contribution in [0.5, 0.6) is 0 Å². The quantitative estimate of drug-likeness (QED) is 0.724. The summed E-state index contributed by atoms with van der Waals surface area (Å²) in [7, 11) is 0. The molecule has 1 amide bonds. The molecular weight excluding hydrogens is 264 g/mol. The maximum absolute atomic E-state index is 13.7. The molecule has 1 aromatic carbocycles. The highest BCUT2D eigenvalue weighted by molar-refractivity contribution is 5.69. The molecule has 1 atom stereocenters. The van der Waals surface area contributed by atoms with Crippen molar-refractivity contribution >= 4 is 6.09 Å². The van der Waals surface area contributed by atoms with Gasteiger partial charge in [-0.15, -0.1) is 0 Å². The summed E-state index contributed by atoms with van der Waals surface area (Å²) in [6.45, 7) is 7.47. The van der Waals surface area contributed by atoms with Gasteiger partial charge in [0, 0.05) is 12.6 Å². The topological polar surface area (TPSA) is 29.5 Å². The lowest BCUT2D eigenvalue weighted by Crippen LogP contribution is -2.42. The molecule has 1 aliphatic rings. The van der Waals surface area contributed by atoms with Crippen molar-refractivity contribution in [1.29, 1.82) is 0 Å². The molecule has 0 saturated heterocycles. The molecule has 0 saturated carbocycles. The van der Waals surface area contributed by atoms with E-state index in [4.69, 9.17) is 4.74 Å². The Bertz CT molecular complexity index is 537. The number of hydrogen-bond donors (Lipinski definition) is 0. The first kappa shape index (κ1) is 14.8. The van der Waals surface area contributed by atoms with Gasteiger partial charge in [-0.1, -0.05) is 0 Å². The van der Waals surface area contributed by atoms with Crippen LogP contribution >= 0.6 is 0 Å². The van der Waals surface area contributed by atoms with E-state index in [9.17, 15) is 13.6 Å². The van der Waals surface area contributed by atoms with Gasteiger partial charge in [-0.05, 0) is 51.3 Å². The van der Waals surface area contributed by atoms with Crippen LogP contribution in [0.25, 0.3) is 0 Å². The first-order valence-electron chi connectivity index (χ1n) is 6.66. The third-order valence-corrected chi connectivity index (χ3v) is 3.34. The zero-order chi connectivity index (χ0) is 15.1. The highest BCUT2D eigenvalue weighted by Crippen LogP contribution is 2.32. The SMILES string of the molecule is CC1c2cc(F)cc(F)c2CCN1C(=O)OC(C)(C)C. The van der Waals surface area contributed by atoms with Gasteiger partial charge in [-0.2, -0.15) is 0 Å². The number of ether oxygens (including phenoxy) is 1. The molecule has 0 fully saturated rings. The van der Waals surface area contributed by atoms with Crippen molar-refractivity contribution in [2.24, 2.45) is 0 Å². The summed E-state index contributed by atoms with van der Waals surface area (Å²) in [6, 6.07) is 1.77. The van der Waals surface area contributed by atoms with Gasteiger partial charge in [0.1, 0.15) is 17.2 Å². The van der Waals surface area contributed by atoms with E-state index in [0.717, 1.165) is 6.07 Å². The minimum atomic E-state index is -0.626. The first-order valence-corrected chi connectivity index (χ1v) is 6.66. The standard InChI is InChI=1S/C15H19F2NO2/c1-9-12-7-10(16)8-13(17)11(12)5-6-18(9)14(19)20-15(2,3)4/h7-9H,5-6H2,1-4H3. The summed E-state index contributed by atoms with van der Waals surface area (Å²) in [5.41, 5.74) is 0.405. The lowest BCUT2D eigenvalue weighted by Gasteiger charge is -2.36. The molecule has 5 heteroatoms. The monoisotopic (exact) mass is 283 g/mol. The molecule has 1 heterocycles. The predicted octanol–water partition coefficient (Wildman–Crippen LogP) is 3.82. The van der Waals surface area contributed by atoms with Crippen molar-refractivity contribution in [3.8, 4) is 0 Å². The minimum absolute atomic E-state index is 0.366. The van der Waals surface area contributed by atoms with Crippen molar-refractivity contribution in [2.45, 2.75) is 45.8 Å². The molecule has 0 aliphatic carbocycles. The van der Waals surface area contributed by atoms with Gasteiger partial charge in [-0.3, -0.25) is 0 Å². The lowest BCUT2D eigenvalue weighted by atomic mass is 9.93. The zero-order valence-corrected chi connectivity index (χ0v) is 12.2. The fourth-order valence-corrected chi connectivity index (χ4v) is 2.42. The van der Waals surface area contributed by atoms with Crippen LogP contribution < -0.4 is 0 Å². The number of hydrogen-bond acceptors (Lipinski definition) is 2. The van der Waals surface area contributed by atoms with Gasteiger partial charge in [0.15, 0.2) is 0 Å². The molecule has 0 radical (unpaired) electrons. The molecule has 110 valence electrons. The van der Waals surface area contributed by atoms with Crippen LogP contribution in [0.15, 0.2) is 12.1 Å². The average Bonchev–Trinajstić information content (AvgIpc) is 2.28. The fourth-order valence-electron chi connectivity index (χ4n) is 2.42. The second-order valence-electron chi connectivity index (χ2n) is 6.06. The van der Waals surface area contributed by atoms with Crippen LogP contribution in [0.2, 0.25) is 0 Å². The molecule has 20 heavy (non-hydrogen) atoms. The number of carbonyl (C=O) groups is 1. The molecular formula is C15H19F2NO2. The van der Waals surface area contributed by atoms with Crippen LogP contribution in [0.4, 0.5) is 13.6 Å². The Morgan fingerprint density at radius 2 is 2.00 bits per heavy atom. The van der Waals surface area contributed by atoms with E-state index in [-0.39, 0.29) is 0 Å². The summed E-state index contributed by atoms with van der Waals surface area (Å²) >= 11 is 0. The summed E-state index contributed by atoms with van der Waals surface area (Å²) in [5, 5.41) is 0. The number of rotatable bonds is 0. The van der Waals surface area contributed by atoms with E-state index in [1.54, 1.807) is 27.7 Å². The zero-order valence-electron chi connectivity index (χ0n) is 12.2. The molecule has 1 aliphatic heterocycles. The van der Waals surface area contributed by atoms with Gasteiger partial charge < -0.3 is 9.64 Å². The highest BCUT2D eigenvalue weighted by Gasteiger charge is 2.32. The molecule has 0 spiro atoms. The summed E-state index contributed by atoms with van der Waals surface area (Å²) in [5.74, 6) is -1.17. The van der Waals surface area contributed by atoms with Crippen LogP contribution in [0, 0.1) is 11.6 Å². The predicted molar refractivity (Wildman–Crippen MR) is 71.4 cm³/mol. The van der Waals surface area contributed by atoms with Gasteiger partial charge in [0.05, 0.1) is 6.04 Å². The second kappa shape index (κ2) is 5.04. The largest absolute Gasteiger partial charge is 0.444 e. The summed E-state index contributed by atoms with van der Waals surface area (Å²) in [6.07, 6.45) is -0.0919. The molecule has 2 rings (SSSR count). The van der Waals surface area contributed by atoms with Crippen molar-refractivity contribution in [1.82, 2.24) is 4.90 Å². The van der Waals surface area contributed by atoms with E-state index >= 15 is 0 Å². The number of carbonyl (C=O) groups excluding carboxylic acids is 1. The third-order valence-electron chi connectivity index (χ3n) is 3.34.